The van der Waals surface area contributed by atoms with Gasteiger partial charge in [0.2, 0.25) is 5.91 Å². The Hall–Kier alpha value is -2.69. The van der Waals surface area contributed by atoms with Crippen LogP contribution >= 0.6 is 0 Å². The first kappa shape index (κ1) is 17.7. The largest absolute Gasteiger partial charge is 0.399 e. The third-order valence-corrected chi connectivity index (χ3v) is 3.76. The Bertz CT molecular complexity index is 714. The van der Waals surface area contributed by atoms with E-state index >= 15 is 0 Å². The van der Waals surface area contributed by atoms with Gasteiger partial charge in [-0.05, 0) is 36.2 Å². The van der Waals surface area contributed by atoms with Crippen LogP contribution in [0.5, 0.6) is 0 Å². The number of amides is 1. The minimum atomic E-state index is -0.497. The number of benzene rings is 2. The maximum atomic E-state index is 13.2. The molecule has 24 heavy (non-hydrogen) atoms. The van der Waals surface area contributed by atoms with Crippen LogP contribution in [0.3, 0.4) is 0 Å². The van der Waals surface area contributed by atoms with Crippen molar-refractivity contribution in [1.82, 2.24) is 5.32 Å². The molecule has 4 nitrogen and oxygen atoms in total. The molecule has 0 spiro atoms. The molecule has 1 unspecified atom stereocenters. The third kappa shape index (κ3) is 5.19. The number of halogens is 1. The van der Waals surface area contributed by atoms with Gasteiger partial charge in [0.1, 0.15) is 5.82 Å². The van der Waals surface area contributed by atoms with E-state index < -0.39 is 11.7 Å². The van der Waals surface area contributed by atoms with Crippen molar-refractivity contribution in [2.24, 2.45) is 5.92 Å². The Kier molecular flexibility index (Phi) is 6.07. The summed E-state index contributed by atoms with van der Waals surface area (Å²) in [6, 6.07) is 13.0. The molecule has 1 atom stereocenters. The number of ketones is 1. The van der Waals surface area contributed by atoms with Crippen molar-refractivity contribution in [3.05, 3.63) is 65.5 Å². The first-order valence-corrected chi connectivity index (χ1v) is 7.86. The van der Waals surface area contributed by atoms with Crippen LogP contribution < -0.4 is 11.1 Å². The van der Waals surface area contributed by atoms with Crippen molar-refractivity contribution in [3.8, 4) is 0 Å². The summed E-state index contributed by atoms with van der Waals surface area (Å²) in [4.78, 5) is 24.1. The number of nitrogen functional groups attached to an aromatic ring is 1. The number of carbonyl (C=O) groups is 2. The molecule has 0 aliphatic heterocycles. The lowest BCUT2D eigenvalue weighted by Gasteiger charge is -2.11. The maximum absolute atomic E-state index is 13.2. The number of rotatable bonds is 7. The van der Waals surface area contributed by atoms with E-state index in [1.54, 1.807) is 13.0 Å². The highest BCUT2D eigenvalue weighted by Crippen LogP contribution is 2.13. The predicted molar refractivity (Wildman–Crippen MR) is 92.1 cm³/mol. The number of nitrogens with two attached hydrogens (primary N) is 1. The van der Waals surface area contributed by atoms with Gasteiger partial charge in [-0.15, -0.1) is 0 Å². The number of anilines is 1. The Morgan fingerprint density at radius 1 is 1.17 bits per heavy atom. The number of Topliss-reactive ketones (excluding diaryl/α,β-unsaturated/α-hetero) is 1. The molecule has 126 valence electrons. The van der Waals surface area contributed by atoms with Crippen molar-refractivity contribution in [3.63, 3.8) is 0 Å². The van der Waals surface area contributed by atoms with Crippen molar-refractivity contribution in [1.29, 1.82) is 0 Å². The second-order valence-corrected chi connectivity index (χ2v) is 5.82. The minimum Gasteiger partial charge on any atom is -0.399 e. The Labute approximate surface area is 140 Å². The van der Waals surface area contributed by atoms with Crippen LogP contribution in [0.25, 0.3) is 0 Å². The highest BCUT2D eigenvalue weighted by atomic mass is 19.1. The van der Waals surface area contributed by atoms with Gasteiger partial charge in [-0.2, -0.15) is 0 Å². The van der Waals surface area contributed by atoms with E-state index in [-0.39, 0.29) is 23.7 Å². The Balaban J connectivity index is 1.79. The van der Waals surface area contributed by atoms with E-state index in [0.29, 0.717) is 18.7 Å². The fourth-order valence-corrected chi connectivity index (χ4v) is 2.40. The average Bonchev–Trinajstić information content (AvgIpc) is 2.56. The van der Waals surface area contributed by atoms with Gasteiger partial charge < -0.3 is 11.1 Å². The van der Waals surface area contributed by atoms with Crippen molar-refractivity contribution < 1.29 is 14.0 Å². The van der Waals surface area contributed by atoms with Gasteiger partial charge in [-0.1, -0.05) is 31.2 Å². The zero-order chi connectivity index (χ0) is 17.5. The molecule has 0 saturated heterocycles. The lowest BCUT2D eigenvalue weighted by molar-refractivity contribution is -0.121. The molecule has 0 fully saturated rings. The lowest BCUT2D eigenvalue weighted by atomic mass is 9.96. The highest BCUT2D eigenvalue weighted by molar-refractivity contribution is 5.99. The van der Waals surface area contributed by atoms with Crippen LogP contribution in [0, 0.1) is 11.7 Å². The summed E-state index contributed by atoms with van der Waals surface area (Å²) in [5, 5.41) is 2.80. The second kappa shape index (κ2) is 8.24. The normalized spacial score (nSPS) is 11.8. The Morgan fingerprint density at radius 3 is 2.54 bits per heavy atom. The molecule has 0 aromatic heterocycles. The predicted octanol–water partition coefficient (Wildman–Crippen LogP) is 2.98. The molecule has 3 N–H and O–H groups in total. The van der Waals surface area contributed by atoms with Gasteiger partial charge >= 0.3 is 0 Å². The quantitative estimate of drug-likeness (QED) is 0.606. The zero-order valence-electron chi connectivity index (χ0n) is 13.6. The number of carbonyl (C=O) groups excluding carboxylic acids is 2. The first-order chi connectivity index (χ1) is 11.5. The van der Waals surface area contributed by atoms with Gasteiger partial charge in [-0.3, -0.25) is 9.59 Å². The summed E-state index contributed by atoms with van der Waals surface area (Å²) < 4.78 is 13.2. The van der Waals surface area contributed by atoms with Crippen LogP contribution in [0.2, 0.25) is 0 Å². The fraction of sp³-hybridized carbons (Fsp3) is 0.263. The SMILES string of the molecule is CC(CC(=O)NCCc1ccc(N)cc1)C(=O)c1cccc(F)c1. The molecule has 0 heterocycles. The third-order valence-electron chi connectivity index (χ3n) is 3.76. The second-order valence-electron chi connectivity index (χ2n) is 5.82. The molecule has 0 aliphatic carbocycles. The highest BCUT2D eigenvalue weighted by Gasteiger charge is 2.18. The number of nitrogens with one attached hydrogen (secondary N) is 1. The van der Waals surface area contributed by atoms with E-state index in [1.165, 1.54) is 18.2 Å². The van der Waals surface area contributed by atoms with E-state index in [0.717, 1.165) is 5.56 Å². The lowest BCUT2D eigenvalue weighted by Crippen LogP contribution is -2.29. The summed E-state index contributed by atoms with van der Waals surface area (Å²) >= 11 is 0. The fourth-order valence-electron chi connectivity index (χ4n) is 2.40. The van der Waals surface area contributed by atoms with Crippen molar-refractivity contribution in [2.75, 3.05) is 12.3 Å². The molecular formula is C19H21FN2O2. The molecule has 5 heteroatoms. The molecule has 2 rings (SSSR count). The molecule has 2 aromatic carbocycles. The average molecular weight is 328 g/mol. The Morgan fingerprint density at radius 2 is 1.88 bits per heavy atom. The van der Waals surface area contributed by atoms with Crippen LogP contribution in [-0.4, -0.2) is 18.2 Å². The molecule has 2 aromatic rings. The minimum absolute atomic E-state index is 0.0804. The topological polar surface area (TPSA) is 72.2 Å². The summed E-state index contributed by atoms with van der Waals surface area (Å²) in [6.07, 6.45) is 0.773. The number of hydrogen-bond donors (Lipinski definition) is 2. The van der Waals surface area contributed by atoms with E-state index in [4.69, 9.17) is 5.73 Å². The van der Waals surface area contributed by atoms with Crippen LogP contribution in [0.15, 0.2) is 48.5 Å². The van der Waals surface area contributed by atoms with Crippen LogP contribution in [0.1, 0.15) is 29.3 Å². The molecular weight excluding hydrogens is 307 g/mol. The summed E-state index contributed by atoms with van der Waals surface area (Å²) in [5.74, 6) is -1.38. The van der Waals surface area contributed by atoms with Crippen LogP contribution in [0.4, 0.5) is 10.1 Å². The molecule has 1 amide bonds. The van der Waals surface area contributed by atoms with Crippen molar-refractivity contribution in [2.45, 2.75) is 19.8 Å². The van der Waals surface area contributed by atoms with Crippen LogP contribution in [-0.2, 0) is 11.2 Å². The van der Waals surface area contributed by atoms with E-state index in [2.05, 4.69) is 5.32 Å². The van der Waals surface area contributed by atoms with Gasteiger partial charge in [0.25, 0.3) is 0 Å². The monoisotopic (exact) mass is 328 g/mol. The molecule has 0 saturated carbocycles. The molecule has 0 aliphatic rings. The standard InChI is InChI=1S/C19H21FN2O2/c1-13(19(24)15-3-2-4-16(20)12-15)11-18(23)22-10-9-14-5-7-17(21)8-6-14/h2-8,12-13H,9-11,21H2,1H3,(H,22,23). The van der Waals surface area contributed by atoms with Gasteiger partial charge in [-0.25, -0.2) is 4.39 Å². The number of hydrogen-bond acceptors (Lipinski definition) is 3. The van der Waals surface area contributed by atoms with Gasteiger partial charge in [0.15, 0.2) is 5.78 Å². The van der Waals surface area contributed by atoms with E-state index in [9.17, 15) is 14.0 Å². The van der Waals surface area contributed by atoms with Gasteiger partial charge in [0.05, 0.1) is 0 Å². The summed E-state index contributed by atoms with van der Waals surface area (Å²) in [5.41, 5.74) is 7.69. The molecule has 0 radical (unpaired) electrons. The smallest absolute Gasteiger partial charge is 0.220 e. The molecule has 0 bridgehead atoms. The first-order valence-electron chi connectivity index (χ1n) is 7.86. The zero-order valence-corrected chi connectivity index (χ0v) is 13.6. The van der Waals surface area contributed by atoms with E-state index in [1.807, 2.05) is 24.3 Å². The maximum Gasteiger partial charge on any atom is 0.220 e. The van der Waals surface area contributed by atoms with Gasteiger partial charge in [0, 0.05) is 30.1 Å². The summed E-state index contributed by atoms with van der Waals surface area (Å²) in [6.45, 7) is 2.16. The van der Waals surface area contributed by atoms with Crippen molar-refractivity contribution >= 4 is 17.4 Å². The summed E-state index contributed by atoms with van der Waals surface area (Å²) in [7, 11) is 0.